The molecule has 0 unspecified atom stereocenters. The second-order valence-corrected chi connectivity index (χ2v) is 5.02. The fourth-order valence-corrected chi connectivity index (χ4v) is 2.02. The van der Waals surface area contributed by atoms with Gasteiger partial charge in [-0.05, 0) is 45.1 Å². The molecule has 0 aliphatic rings. The monoisotopic (exact) mass is 278 g/mol. The summed E-state index contributed by atoms with van der Waals surface area (Å²) in [6, 6.07) is 10.5. The third-order valence-corrected chi connectivity index (χ3v) is 3.10. The summed E-state index contributed by atoms with van der Waals surface area (Å²) in [6.45, 7) is 3.96. The summed E-state index contributed by atoms with van der Waals surface area (Å²) in [5, 5.41) is 14.7. The Bertz CT molecular complexity index is 381. The zero-order valence-corrected chi connectivity index (χ0v) is 12.3. The van der Waals surface area contributed by atoms with Gasteiger partial charge >= 0.3 is 0 Å². The van der Waals surface area contributed by atoms with Crippen molar-refractivity contribution in [3.8, 4) is 0 Å². The highest BCUT2D eigenvalue weighted by Crippen LogP contribution is 2.02. The summed E-state index contributed by atoms with van der Waals surface area (Å²) in [5.41, 5.74) is 6.74. The van der Waals surface area contributed by atoms with Crippen LogP contribution >= 0.6 is 0 Å². The van der Waals surface area contributed by atoms with E-state index < -0.39 is 0 Å². The number of nitrogens with one attached hydrogen (secondary N) is 1. The second kappa shape index (κ2) is 10.2. The van der Waals surface area contributed by atoms with Crippen molar-refractivity contribution in [3.63, 3.8) is 0 Å². The first-order valence-corrected chi connectivity index (χ1v) is 7.12. The maximum Gasteiger partial charge on any atom is 0.139 e. The summed E-state index contributed by atoms with van der Waals surface area (Å²) in [5.74, 6) is 0.300. The molecule has 0 radical (unpaired) electrons. The van der Waals surface area contributed by atoms with E-state index in [2.05, 4.69) is 46.7 Å². The van der Waals surface area contributed by atoms with Crippen LogP contribution in [0.15, 0.2) is 35.5 Å². The summed E-state index contributed by atoms with van der Waals surface area (Å²) < 4.78 is 0. The molecule has 0 aliphatic carbocycles. The molecule has 112 valence electrons. The average molecular weight is 278 g/mol. The van der Waals surface area contributed by atoms with Gasteiger partial charge in [-0.3, -0.25) is 0 Å². The van der Waals surface area contributed by atoms with Gasteiger partial charge in [-0.15, -0.1) is 0 Å². The van der Waals surface area contributed by atoms with Crippen molar-refractivity contribution >= 4 is 5.84 Å². The Morgan fingerprint density at radius 1 is 1.25 bits per heavy atom. The maximum atomic E-state index is 8.39. The minimum atomic E-state index is 0.300. The summed E-state index contributed by atoms with van der Waals surface area (Å²) in [6.07, 6.45) is 2.65. The number of hydrogen-bond donors (Lipinski definition) is 3. The number of rotatable bonds is 10. The normalized spacial score (nSPS) is 12.0. The van der Waals surface area contributed by atoms with Gasteiger partial charge in [0.2, 0.25) is 0 Å². The van der Waals surface area contributed by atoms with Gasteiger partial charge in [-0.25, -0.2) is 0 Å². The van der Waals surface area contributed by atoms with Crippen LogP contribution < -0.4 is 11.1 Å². The first kappa shape index (κ1) is 16.5. The minimum absolute atomic E-state index is 0.300. The number of hydrogen-bond acceptors (Lipinski definition) is 4. The molecule has 0 aliphatic heterocycles. The van der Waals surface area contributed by atoms with Crippen LogP contribution in [0, 0.1) is 0 Å². The Morgan fingerprint density at radius 2 is 1.95 bits per heavy atom. The summed E-state index contributed by atoms with van der Waals surface area (Å²) >= 11 is 0. The fourth-order valence-electron chi connectivity index (χ4n) is 2.02. The lowest BCUT2D eigenvalue weighted by Crippen LogP contribution is -2.25. The van der Waals surface area contributed by atoms with Gasteiger partial charge in [0.15, 0.2) is 0 Å². The molecular formula is C15H26N4O. The van der Waals surface area contributed by atoms with Crippen LogP contribution in [-0.4, -0.2) is 42.6 Å². The minimum Gasteiger partial charge on any atom is -0.409 e. The molecule has 0 bridgehead atoms. The molecule has 5 heteroatoms. The summed E-state index contributed by atoms with van der Waals surface area (Å²) in [7, 11) is 2.14. The standard InChI is InChI=1S/C15H26N4O/c1-19(13-14-7-3-2-4-8-14)12-6-11-17-10-5-9-15(16)18-20/h2-4,7-8,17,20H,5-6,9-13H2,1H3,(H2,16,18). The van der Waals surface area contributed by atoms with Crippen molar-refractivity contribution in [2.75, 3.05) is 26.7 Å². The van der Waals surface area contributed by atoms with Gasteiger partial charge in [0.25, 0.3) is 0 Å². The zero-order chi connectivity index (χ0) is 14.6. The number of oxime groups is 1. The van der Waals surface area contributed by atoms with Crippen molar-refractivity contribution < 1.29 is 5.21 Å². The molecule has 1 aromatic carbocycles. The average Bonchev–Trinajstić information content (AvgIpc) is 2.47. The highest BCUT2D eigenvalue weighted by atomic mass is 16.4. The molecular weight excluding hydrogens is 252 g/mol. The largest absolute Gasteiger partial charge is 0.409 e. The number of nitrogens with two attached hydrogens (primary N) is 1. The predicted octanol–water partition coefficient (Wildman–Crippen LogP) is 1.62. The molecule has 4 N–H and O–H groups in total. The molecule has 0 heterocycles. The first-order valence-electron chi connectivity index (χ1n) is 7.12. The third-order valence-electron chi connectivity index (χ3n) is 3.10. The van der Waals surface area contributed by atoms with E-state index in [-0.39, 0.29) is 0 Å². The van der Waals surface area contributed by atoms with Crippen LogP contribution in [0.5, 0.6) is 0 Å². The molecule has 0 aromatic heterocycles. The van der Waals surface area contributed by atoms with Crippen molar-refractivity contribution in [2.45, 2.75) is 25.8 Å². The van der Waals surface area contributed by atoms with Gasteiger partial charge in [-0.2, -0.15) is 0 Å². The fraction of sp³-hybridized carbons (Fsp3) is 0.533. The lowest BCUT2D eigenvalue weighted by atomic mass is 10.2. The topological polar surface area (TPSA) is 73.9 Å². The Hall–Kier alpha value is -1.59. The van der Waals surface area contributed by atoms with Crippen molar-refractivity contribution in [2.24, 2.45) is 10.9 Å². The number of nitrogens with zero attached hydrogens (tertiary/aromatic N) is 2. The molecule has 0 spiro atoms. The van der Waals surface area contributed by atoms with E-state index in [1.54, 1.807) is 0 Å². The highest BCUT2D eigenvalue weighted by Gasteiger charge is 1.99. The zero-order valence-electron chi connectivity index (χ0n) is 12.3. The van der Waals surface area contributed by atoms with Crippen molar-refractivity contribution in [1.29, 1.82) is 0 Å². The Balaban J connectivity index is 1.98. The molecule has 1 rings (SSSR count). The lowest BCUT2D eigenvalue weighted by molar-refractivity contribution is 0.316. The van der Waals surface area contributed by atoms with Crippen LogP contribution in [0.4, 0.5) is 0 Å². The Labute approximate surface area is 121 Å². The van der Waals surface area contributed by atoms with E-state index in [1.165, 1.54) is 5.56 Å². The van der Waals surface area contributed by atoms with E-state index in [4.69, 9.17) is 10.9 Å². The summed E-state index contributed by atoms with van der Waals surface area (Å²) in [4.78, 5) is 2.33. The number of benzene rings is 1. The molecule has 5 nitrogen and oxygen atoms in total. The third kappa shape index (κ3) is 7.76. The van der Waals surface area contributed by atoms with Gasteiger partial charge in [0, 0.05) is 13.0 Å². The van der Waals surface area contributed by atoms with Crippen LogP contribution in [-0.2, 0) is 6.54 Å². The van der Waals surface area contributed by atoms with E-state index in [1.807, 2.05) is 6.07 Å². The molecule has 1 aromatic rings. The Morgan fingerprint density at radius 3 is 2.65 bits per heavy atom. The predicted molar refractivity (Wildman–Crippen MR) is 82.9 cm³/mol. The molecule has 0 atom stereocenters. The lowest BCUT2D eigenvalue weighted by Gasteiger charge is -2.16. The number of amidine groups is 1. The van der Waals surface area contributed by atoms with Crippen LogP contribution in [0.2, 0.25) is 0 Å². The first-order chi connectivity index (χ1) is 9.72. The van der Waals surface area contributed by atoms with Crippen molar-refractivity contribution in [1.82, 2.24) is 10.2 Å². The Kier molecular flexibility index (Phi) is 8.42. The van der Waals surface area contributed by atoms with E-state index in [0.29, 0.717) is 12.3 Å². The molecule has 0 amide bonds. The van der Waals surface area contributed by atoms with E-state index >= 15 is 0 Å². The van der Waals surface area contributed by atoms with Crippen molar-refractivity contribution in [3.05, 3.63) is 35.9 Å². The van der Waals surface area contributed by atoms with E-state index in [9.17, 15) is 0 Å². The smallest absolute Gasteiger partial charge is 0.139 e. The molecule has 0 saturated heterocycles. The van der Waals surface area contributed by atoms with Gasteiger partial charge < -0.3 is 21.2 Å². The van der Waals surface area contributed by atoms with Crippen LogP contribution in [0.1, 0.15) is 24.8 Å². The molecule has 0 fully saturated rings. The quantitative estimate of drug-likeness (QED) is 0.200. The van der Waals surface area contributed by atoms with Crippen LogP contribution in [0.3, 0.4) is 0 Å². The molecule has 0 saturated carbocycles. The molecule has 20 heavy (non-hydrogen) atoms. The van der Waals surface area contributed by atoms with Gasteiger partial charge in [0.05, 0.1) is 0 Å². The van der Waals surface area contributed by atoms with Gasteiger partial charge in [-0.1, -0.05) is 35.5 Å². The maximum absolute atomic E-state index is 8.39. The van der Waals surface area contributed by atoms with E-state index in [0.717, 1.165) is 39.0 Å². The van der Waals surface area contributed by atoms with Gasteiger partial charge in [0.1, 0.15) is 5.84 Å². The van der Waals surface area contributed by atoms with Crippen LogP contribution in [0.25, 0.3) is 0 Å². The highest BCUT2D eigenvalue weighted by molar-refractivity contribution is 5.79. The second-order valence-electron chi connectivity index (χ2n) is 5.02. The SMILES string of the molecule is CN(CCCNCCCC(N)=NO)Cc1ccccc1.